The van der Waals surface area contributed by atoms with Gasteiger partial charge in [-0.15, -0.1) is 0 Å². The second-order valence-electron chi connectivity index (χ2n) is 12.3. The summed E-state index contributed by atoms with van der Waals surface area (Å²) in [6, 6.07) is 3.43. The molecule has 15 heteroatoms. The topological polar surface area (TPSA) is 211 Å². The van der Waals surface area contributed by atoms with E-state index in [0.717, 1.165) is 31.6 Å². The third kappa shape index (κ3) is 6.28. The average molecular weight is 642 g/mol. The molecule has 2 heterocycles. The van der Waals surface area contributed by atoms with Gasteiger partial charge in [0.1, 0.15) is 18.2 Å². The Morgan fingerprint density at radius 1 is 1.28 bits per heavy atom. The molecule has 46 heavy (non-hydrogen) atoms. The third-order valence-corrected chi connectivity index (χ3v) is 9.60. The summed E-state index contributed by atoms with van der Waals surface area (Å²) in [6.45, 7) is 1.32. The van der Waals surface area contributed by atoms with E-state index in [1.165, 1.54) is 16.0 Å². The van der Waals surface area contributed by atoms with Crippen LogP contribution >= 0.6 is 0 Å². The number of amides is 3. The summed E-state index contributed by atoms with van der Waals surface area (Å²) >= 11 is 0. The van der Waals surface area contributed by atoms with Gasteiger partial charge in [0.15, 0.2) is 23.6 Å². The minimum Gasteiger partial charge on any atom is -0.493 e. The fraction of sp³-hybridized carbons (Fsp3) is 0.581. The zero-order valence-electron chi connectivity index (χ0n) is 26.4. The van der Waals surface area contributed by atoms with Gasteiger partial charge in [0.2, 0.25) is 11.8 Å². The Kier molecular flexibility index (Phi) is 9.60. The number of piperidine rings is 1. The van der Waals surface area contributed by atoms with Gasteiger partial charge in [0, 0.05) is 43.7 Å². The van der Waals surface area contributed by atoms with Gasteiger partial charge in [-0.1, -0.05) is 6.07 Å². The van der Waals surface area contributed by atoms with Crippen molar-refractivity contribution in [3.63, 3.8) is 0 Å². The number of methoxy groups -OCH3 is 1. The molecule has 1 saturated heterocycles. The molecule has 1 aromatic rings. The van der Waals surface area contributed by atoms with Crippen LogP contribution in [0.3, 0.4) is 0 Å². The number of benzene rings is 1. The number of ether oxygens (including phenoxy) is 3. The van der Waals surface area contributed by atoms with Crippen LogP contribution in [-0.2, 0) is 31.0 Å². The molecule has 250 valence electrons. The molecule has 2 bridgehead atoms. The zero-order chi connectivity index (χ0) is 33.2. The predicted octanol–water partition coefficient (Wildman–Crippen LogP) is 0.0557. The molecular weight excluding hydrogens is 598 g/mol. The van der Waals surface area contributed by atoms with E-state index >= 15 is 0 Å². The summed E-state index contributed by atoms with van der Waals surface area (Å²) < 4.78 is 18.3. The number of hydrogen-bond donors (Lipinski definition) is 5. The Morgan fingerprint density at radius 2 is 2.07 bits per heavy atom. The maximum Gasteiger partial charge on any atom is 0.414 e. The first-order valence-corrected chi connectivity index (χ1v) is 15.5. The summed E-state index contributed by atoms with van der Waals surface area (Å²) in [6.07, 6.45) is 3.25. The van der Waals surface area contributed by atoms with Crippen LogP contribution in [0.5, 0.6) is 11.5 Å². The molecule has 0 aromatic heterocycles. The van der Waals surface area contributed by atoms with Crippen LogP contribution in [-0.4, -0.2) is 110 Å². The molecule has 4 aliphatic rings. The van der Waals surface area contributed by atoms with Crippen molar-refractivity contribution in [2.75, 3.05) is 47.4 Å². The standard InChI is InChI=1S/C31H43N7O8/c1-37-13-10-31-18-7-9-22(27(31)46-26-21(44-3)8-6-17(25(26)31)15-20(18)37)45-30(43)38(2)14-12-34-28(42)19(5-4-11-35-29(32)33)36-23(39)16-24(40)41/h6,8-9,18-20,27H,4-5,7,10-16H2,1-3H3,(H,34,42)(H,36,39)(H,40,41)(H4,32,33,35). The van der Waals surface area contributed by atoms with E-state index in [1.807, 2.05) is 12.1 Å². The zero-order valence-corrected chi connectivity index (χ0v) is 26.4. The molecule has 1 fully saturated rings. The number of rotatable bonds is 13. The smallest absolute Gasteiger partial charge is 0.414 e. The van der Waals surface area contributed by atoms with Crippen molar-refractivity contribution in [2.45, 2.75) is 62.1 Å². The summed E-state index contributed by atoms with van der Waals surface area (Å²) in [4.78, 5) is 56.8. The number of likely N-dealkylation sites (tertiary alicyclic amines) is 1. The van der Waals surface area contributed by atoms with Crippen molar-refractivity contribution in [2.24, 2.45) is 22.4 Å². The van der Waals surface area contributed by atoms with Gasteiger partial charge < -0.3 is 51.2 Å². The first-order chi connectivity index (χ1) is 22.0. The van der Waals surface area contributed by atoms with Crippen LogP contribution in [0.4, 0.5) is 4.79 Å². The Labute approximate surface area is 267 Å². The van der Waals surface area contributed by atoms with Crippen LogP contribution in [0.15, 0.2) is 29.0 Å². The van der Waals surface area contributed by atoms with Crippen LogP contribution in [0.1, 0.15) is 43.2 Å². The lowest BCUT2D eigenvalue weighted by atomic mass is 9.53. The van der Waals surface area contributed by atoms with E-state index in [-0.39, 0.29) is 37.4 Å². The molecule has 5 atom stereocenters. The number of aliphatic carboxylic acids is 1. The number of nitrogens with two attached hydrogens (primary N) is 2. The van der Waals surface area contributed by atoms with Crippen molar-refractivity contribution in [3.05, 3.63) is 35.1 Å². The quantitative estimate of drug-likeness (QED) is 0.0841. The average Bonchev–Trinajstić information content (AvgIpc) is 3.36. The number of nitrogens with zero attached hydrogens (tertiary/aromatic N) is 3. The minimum absolute atomic E-state index is 0.0641. The number of carbonyl (C=O) groups excluding carboxylic acids is 3. The van der Waals surface area contributed by atoms with Gasteiger partial charge in [0.25, 0.3) is 0 Å². The minimum atomic E-state index is -1.31. The van der Waals surface area contributed by atoms with Gasteiger partial charge in [-0.3, -0.25) is 19.4 Å². The van der Waals surface area contributed by atoms with Crippen molar-refractivity contribution in [3.8, 4) is 11.5 Å². The van der Waals surface area contributed by atoms with Crippen LogP contribution < -0.4 is 31.6 Å². The molecule has 15 nitrogen and oxygen atoms in total. The molecule has 2 aliphatic heterocycles. The van der Waals surface area contributed by atoms with Crippen molar-refractivity contribution < 1.29 is 38.5 Å². The predicted molar refractivity (Wildman–Crippen MR) is 166 cm³/mol. The van der Waals surface area contributed by atoms with Gasteiger partial charge >= 0.3 is 12.1 Å². The highest BCUT2D eigenvalue weighted by molar-refractivity contribution is 5.96. The van der Waals surface area contributed by atoms with E-state index in [2.05, 4.69) is 33.6 Å². The van der Waals surface area contributed by atoms with Gasteiger partial charge in [-0.05, 0) is 69.3 Å². The lowest BCUT2D eigenvalue weighted by Crippen LogP contribution is -2.63. The third-order valence-electron chi connectivity index (χ3n) is 9.60. The first kappa shape index (κ1) is 32.9. The summed E-state index contributed by atoms with van der Waals surface area (Å²) in [5, 5.41) is 14.0. The number of likely N-dealkylation sites (N-methyl/N-ethyl adjacent to an activating group) is 2. The van der Waals surface area contributed by atoms with Crippen molar-refractivity contribution in [1.29, 1.82) is 0 Å². The van der Waals surface area contributed by atoms with E-state index in [9.17, 15) is 19.2 Å². The number of nitrogens with one attached hydrogen (secondary N) is 2. The van der Waals surface area contributed by atoms with E-state index < -0.39 is 42.4 Å². The largest absolute Gasteiger partial charge is 0.493 e. The SMILES string of the molecule is COc1ccc2c3c1OC1C(OC(=O)N(C)CCNC(=O)C(CCCN=C(N)N)NC(=O)CC(=O)O)=CCC4C(C2)N(C)CCC314. The first-order valence-electron chi connectivity index (χ1n) is 15.5. The van der Waals surface area contributed by atoms with E-state index in [4.69, 9.17) is 30.8 Å². The molecule has 5 unspecified atom stereocenters. The molecule has 5 rings (SSSR count). The lowest BCUT2D eigenvalue weighted by Gasteiger charge is -2.56. The summed E-state index contributed by atoms with van der Waals surface area (Å²) in [7, 11) is 5.37. The second kappa shape index (κ2) is 13.4. The maximum atomic E-state index is 13.3. The van der Waals surface area contributed by atoms with Crippen LogP contribution in [0.2, 0.25) is 0 Å². The molecule has 1 spiro atoms. The molecule has 2 aliphatic carbocycles. The van der Waals surface area contributed by atoms with Crippen LogP contribution in [0.25, 0.3) is 0 Å². The fourth-order valence-electron chi connectivity index (χ4n) is 7.46. The highest BCUT2D eigenvalue weighted by Crippen LogP contribution is 2.63. The highest BCUT2D eigenvalue weighted by atomic mass is 16.6. The number of carbonyl (C=O) groups is 4. The highest BCUT2D eigenvalue weighted by Gasteiger charge is 2.64. The van der Waals surface area contributed by atoms with Gasteiger partial charge in [-0.2, -0.15) is 0 Å². The number of allylic oxidation sites excluding steroid dienone is 1. The molecule has 7 N–H and O–H groups in total. The van der Waals surface area contributed by atoms with Gasteiger partial charge in [0.05, 0.1) is 7.11 Å². The Morgan fingerprint density at radius 3 is 2.78 bits per heavy atom. The fourth-order valence-corrected chi connectivity index (χ4v) is 7.46. The molecule has 1 aromatic carbocycles. The number of aliphatic imine (C=N–C) groups is 1. The lowest BCUT2D eigenvalue weighted by molar-refractivity contribution is -0.141. The normalized spacial score (nSPS) is 24.3. The molecule has 0 radical (unpaired) electrons. The number of hydrogen-bond acceptors (Lipinski definition) is 9. The van der Waals surface area contributed by atoms with E-state index in [0.29, 0.717) is 29.9 Å². The Bertz CT molecular complexity index is 1440. The number of carboxylic acids is 1. The number of guanidine groups is 1. The second-order valence-corrected chi connectivity index (χ2v) is 12.3. The summed E-state index contributed by atoms with van der Waals surface area (Å²) in [5.41, 5.74) is 12.8. The number of carboxylic acid groups (broad SMARTS) is 1. The van der Waals surface area contributed by atoms with Crippen molar-refractivity contribution in [1.82, 2.24) is 20.4 Å². The Hall–Kier alpha value is -4.53. The maximum absolute atomic E-state index is 13.3. The Balaban J connectivity index is 1.21. The van der Waals surface area contributed by atoms with E-state index in [1.54, 1.807) is 14.2 Å². The van der Waals surface area contributed by atoms with Crippen molar-refractivity contribution >= 4 is 29.8 Å². The van der Waals surface area contributed by atoms with Crippen LogP contribution in [0, 0.1) is 5.92 Å². The van der Waals surface area contributed by atoms with Gasteiger partial charge in [-0.25, -0.2) is 4.79 Å². The molecule has 3 amide bonds. The molecule has 0 saturated carbocycles. The summed E-state index contributed by atoms with van der Waals surface area (Å²) in [5.74, 6) is -0.534. The monoisotopic (exact) mass is 641 g/mol. The molecular formula is C31H43N7O8.